The zero-order valence-electron chi connectivity index (χ0n) is 17.8. The van der Waals surface area contributed by atoms with Gasteiger partial charge in [-0.15, -0.1) is 0 Å². The van der Waals surface area contributed by atoms with Crippen molar-refractivity contribution in [3.8, 4) is 22.8 Å². The van der Waals surface area contributed by atoms with Crippen LogP contribution in [-0.4, -0.2) is 26.3 Å². The fraction of sp³-hybridized carbons (Fsp3) is 0.120. The summed E-state index contributed by atoms with van der Waals surface area (Å²) in [5.74, 6) is 1.96. The highest BCUT2D eigenvalue weighted by Gasteiger charge is 2.17. The molecule has 0 amide bonds. The van der Waals surface area contributed by atoms with Crippen molar-refractivity contribution >= 4 is 22.7 Å². The second-order valence-electron chi connectivity index (χ2n) is 7.12. The molecule has 0 aliphatic rings. The Labute approximate surface area is 194 Å². The predicted octanol–water partition coefficient (Wildman–Crippen LogP) is 5.13. The lowest BCUT2D eigenvalue weighted by Crippen LogP contribution is -2.21. The molecule has 2 heterocycles. The molecule has 0 unspecified atom stereocenters. The molecule has 33 heavy (non-hydrogen) atoms. The third-order valence-electron chi connectivity index (χ3n) is 4.98. The van der Waals surface area contributed by atoms with E-state index in [0.717, 1.165) is 11.3 Å². The van der Waals surface area contributed by atoms with Gasteiger partial charge in [-0.05, 0) is 43.3 Å². The molecule has 8 heteroatoms. The van der Waals surface area contributed by atoms with E-state index in [-0.39, 0.29) is 5.56 Å². The predicted molar refractivity (Wildman–Crippen MR) is 128 cm³/mol. The van der Waals surface area contributed by atoms with Gasteiger partial charge >= 0.3 is 0 Å². The van der Waals surface area contributed by atoms with Crippen LogP contribution in [0.3, 0.4) is 0 Å². The van der Waals surface area contributed by atoms with Crippen LogP contribution in [0.4, 0.5) is 0 Å². The van der Waals surface area contributed by atoms with E-state index in [9.17, 15) is 4.79 Å². The van der Waals surface area contributed by atoms with Gasteiger partial charge in [0, 0.05) is 0 Å². The number of thioether (sulfide) groups is 1. The van der Waals surface area contributed by atoms with Crippen molar-refractivity contribution in [3.63, 3.8) is 0 Å². The molecule has 0 N–H and O–H groups in total. The first-order valence-corrected chi connectivity index (χ1v) is 11.5. The molecule has 0 saturated carbocycles. The van der Waals surface area contributed by atoms with Crippen molar-refractivity contribution in [1.29, 1.82) is 0 Å². The van der Waals surface area contributed by atoms with Gasteiger partial charge in [-0.3, -0.25) is 9.36 Å². The molecule has 0 fully saturated rings. The minimum absolute atomic E-state index is 0.119. The SMILES string of the molecule is CCOc1ccccc1-c1noc(CSc2nc3ccccc3c(=O)n2-c2ccccc2)n1. The van der Waals surface area contributed by atoms with Crippen LogP contribution in [0.1, 0.15) is 12.8 Å². The number of para-hydroxylation sites is 3. The molecule has 0 atom stereocenters. The van der Waals surface area contributed by atoms with Crippen molar-refractivity contribution in [2.45, 2.75) is 17.8 Å². The second kappa shape index (κ2) is 9.30. The summed E-state index contributed by atoms with van der Waals surface area (Å²) < 4.78 is 12.8. The average Bonchev–Trinajstić information content (AvgIpc) is 3.33. The molecule has 0 saturated heterocycles. The van der Waals surface area contributed by atoms with Crippen molar-refractivity contribution in [2.24, 2.45) is 0 Å². The van der Waals surface area contributed by atoms with Crippen LogP contribution in [0.2, 0.25) is 0 Å². The standard InChI is InChI=1S/C25H20N4O3S/c1-2-31-21-15-9-7-13-19(21)23-27-22(32-28-23)16-33-25-26-20-14-8-6-12-18(20)24(30)29(25)17-10-4-3-5-11-17/h3-15H,2,16H2,1H3. The molecule has 5 aromatic rings. The summed E-state index contributed by atoms with van der Waals surface area (Å²) in [5, 5.41) is 5.24. The Hall–Kier alpha value is -3.91. The first-order chi connectivity index (χ1) is 16.2. The smallest absolute Gasteiger partial charge is 0.266 e. The first kappa shape index (κ1) is 21.0. The molecule has 3 aromatic carbocycles. The summed E-state index contributed by atoms with van der Waals surface area (Å²) in [4.78, 5) is 22.6. The summed E-state index contributed by atoms with van der Waals surface area (Å²) in [5.41, 5.74) is 2.05. The summed E-state index contributed by atoms with van der Waals surface area (Å²) in [6, 6.07) is 24.4. The van der Waals surface area contributed by atoms with E-state index in [1.807, 2.05) is 79.7 Å². The van der Waals surface area contributed by atoms with Crippen LogP contribution in [-0.2, 0) is 5.75 Å². The molecule has 7 nitrogen and oxygen atoms in total. The monoisotopic (exact) mass is 456 g/mol. The lowest BCUT2D eigenvalue weighted by atomic mass is 10.2. The molecule has 0 aliphatic heterocycles. The topological polar surface area (TPSA) is 83.0 Å². The van der Waals surface area contributed by atoms with Gasteiger partial charge in [0.15, 0.2) is 5.16 Å². The minimum Gasteiger partial charge on any atom is -0.493 e. The van der Waals surface area contributed by atoms with Crippen molar-refractivity contribution < 1.29 is 9.26 Å². The molecular weight excluding hydrogens is 436 g/mol. The quantitative estimate of drug-likeness (QED) is 0.248. The van der Waals surface area contributed by atoms with Crippen molar-refractivity contribution in [3.05, 3.63) is 95.1 Å². The highest BCUT2D eigenvalue weighted by molar-refractivity contribution is 7.98. The minimum atomic E-state index is -0.119. The van der Waals surface area contributed by atoms with E-state index in [1.54, 1.807) is 10.6 Å². The first-order valence-electron chi connectivity index (χ1n) is 10.5. The Morgan fingerprint density at radius 2 is 1.70 bits per heavy atom. The molecule has 0 radical (unpaired) electrons. The fourth-order valence-electron chi connectivity index (χ4n) is 3.50. The maximum atomic E-state index is 13.3. The van der Waals surface area contributed by atoms with Crippen LogP contribution in [0.15, 0.2) is 93.3 Å². The zero-order valence-corrected chi connectivity index (χ0v) is 18.7. The largest absolute Gasteiger partial charge is 0.493 e. The number of benzene rings is 3. The lowest BCUT2D eigenvalue weighted by molar-refractivity contribution is 0.341. The van der Waals surface area contributed by atoms with Gasteiger partial charge in [-0.1, -0.05) is 59.4 Å². The highest BCUT2D eigenvalue weighted by Crippen LogP contribution is 2.29. The number of rotatable bonds is 7. The summed E-state index contributed by atoms with van der Waals surface area (Å²) in [6.45, 7) is 2.47. The average molecular weight is 457 g/mol. The molecule has 164 valence electrons. The van der Waals surface area contributed by atoms with Crippen molar-refractivity contribution in [1.82, 2.24) is 19.7 Å². The van der Waals surface area contributed by atoms with Gasteiger partial charge in [0.2, 0.25) is 11.7 Å². The van der Waals surface area contributed by atoms with Crippen LogP contribution in [0.25, 0.3) is 28.0 Å². The third-order valence-corrected chi connectivity index (χ3v) is 5.90. The van der Waals surface area contributed by atoms with E-state index >= 15 is 0 Å². The van der Waals surface area contributed by atoms with Gasteiger partial charge < -0.3 is 9.26 Å². The normalized spacial score (nSPS) is 11.1. The molecule has 0 aliphatic carbocycles. The summed E-state index contributed by atoms with van der Waals surface area (Å²) in [7, 11) is 0. The van der Waals surface area contributed by atoms with Gasteiger partial charge in [-0.25, -0.2) is 4.98 Å². The van der Waals surface area contributed by atoms with Crippen LogP contribution >= 0.6 is 11.8 Å². The molecule has 5 rings (SSSR count). The zero-order chi connectivity index (χ0) is 22.6. The van der Waals surface area contributed by atoms with Gasteiger partial charge in [-0.2, -0.15) is 4.98 Å². The Balaban J connectivity index is 1.48. The van der Waals surface area contributed by atoms with E-state index in [1.165, 1.54) is 11.8 Å². The number of fused-ring (bicyclic) bond motifs is 1. The van der Waals surface area contributed by atoms with E-state index in [0.29, 0.717) is 45.9 Å². The number of nitrogens with zero attached hydrogens (tertiary/aromatic N) is 4. The number of ether oxygens (including phenoxy) is 1. The summed E-state index contributed by atoms with van der Waals surface area (Å²) >= 11 is 1.37. The highest BCUT2D eigenvalue weighted by atomic mass is 32.2. The van der Waals surface area contributed by atoms with Crippen LogP contribution in [0.5, 0.6) is 5.75 Å². The molecule has 0 spiro atoms. The lowest BCUT2D eigenvalue weighted by Gasteiger charge is -2.12. The number of hydrogen-bond donors (Lipinski definition) is 0. The molecular formula is C25H20N4O3S. The Morgan fingerprint density at radius 1 is 0.939 bits per heavy atom. The maximum Gasteiger partial charge on any atom is 0.266 e. The van der Waals surface area contributed by atoms with E-state index in [4.69, 9.17) is 14.2 Å². The Morgan fingerprint density at radius 3 is 2.55 bits per heavy atom. The van der Waals surface area contributed by atoms with Crippen molar-refractivity contribution in [2.75, 3.05) is 6.61 Å². The fourth-order valence-corrected chi connectivity index (χ4v) is 4.35. The van der Waals surface area contributed by atoms with Crippen LogP contribution in [0, 0.1) is 0 Å². The maximum absolute atomic E-state index is 13.3. The second-order valence-corrected chi connectivity index (χ2v) is 8.06. The van der Waals surface area contributed by atoms with Crippen LogP contribution < -0.4 is 10.3 Å². The van der Waals surface area contributed by atoms with Gasteiger partial charge in [0.05, 0.1) is 34.5 Å². The van der Waals surface area contributed by atoms with E-state index < -0.39 is 0 Å². The van der Waals surface area contributed by atoms with Gasteiger partial charge in [0.1, 0.15) is 5.75 Å². The third kappa shape index (κ3) is 4.25. The number of aromatic nitrogens is 4. The molecule has 0 bridgehead atoms. The summed E-state index contributed by atoms with van der Waals surface area (Å²) in [6.07, 6.45) is 0. The molecule has 2 aromatic heterocycles. The number of hydrogen-bond acceptors (Lipinski definition) is 7. The van der Waals surface area contributed by atoms with E-state index in [2.05, 4.69) is 10.1 Å². The van der Waals surface area contributed by atoms with Gasteiger partial charge in [0.25, 0.3) is 5.56 Å². The Kier molecular flexibility index (Phi) is 5.91. The Bertz CT molecular complexity index is 1460.